The molecule has 0 bridgehead atoms. The number of halogens is 1. The third-order valence-electron chi connectivity index (χ3n) is 4.13. The molecule has 0 saturated carbocycles. The van der Waals surface area contributed by atoms with Crippen LogP contribution in [-0.2, 0) is 0 Å². The number of nitrogens with one attached hydrogen (secondary N) is 1. The highest BCUT2D eigenvalue weighted by atomic mass is 19.1. The molecule has 1 aliphatic heterocycles. The Bertz CT molecular complexity index is 639. The minimum atomic E-state index is -0.270. The summed E-state index contributed by atoms with van der Waals surface area (Å²) in [6, 6.07) is 4.59. The normalized spacial score (nSPS) is 16.4. The summed E-state index contributed by atoms with van der Waals surface area (Å²) in [5.41, 5.74) is 2.27. The van der Waals surface area contributed by atoms with Gasteiger partial charge < -0.3 is 9.88 Å². The number of amides is 1. The molecule has 1 fully saturated rings. The van der Waals surface area contributed by atoms with Crippen LogP contribution in [0.5, 0.6) is 0 Å². The van der Waals surface area contributed by atoms with Crippen molar-refractivity contribution in [2.75, 3.05) is 13.1 Å². The molecular formula is C16H19FN2O. The van der Waals surface area contributed by atoms with E-state index in [0.29, 0.717) is 5.69 Å². The predicted octanol–water partition coefficient (Wildman–Crippen LogP) is 3.63. The average Bonchev–Trinajstić information content (AvgIpc) is 2.66. The maximum Gasteiger partial charge on any atom is 0.270 e. The Balaban J connectivity index is 1.96. The van der Waals surface area contributed by atoms with Crippen LogP contribution in [0.25, 0.3) is 10.9 Å². The first-order valence-electron chi connectivity index (χ1n) is 7.24. The van der Waals surface area contributed by atoms with E-state index >= 15 is 0 Å². The second kappa shape index (κ2) is 5.27. The van der Waals surface area contributed by atoms with Gasteiger partial charge in [-0.15, -0.1) is 0 Å². The fourth-order valence-corrected chi connectivity index (χ4v) is 2.94. The molecule has 1 amide bonds. The molecule has 0 atom stereocenters. The average molecular weight is 274 g/mol. The van der Waals surface area contributed by atoms with Crippen LogP contribution in [0.2, 0.25) is 0 Å². The number of nitrogens with zero attached hydrogens (tertiary/aromatic N) is 1. The fourth-order valence-electron chi connectivity index (χ4n) is 2.94. The van der Waals surface area contributed by atoms with Gasteiger partial charge in [-0.1, -0.05) is 12.8 Å². The second-order valence-corrected chi connectivity index (χ2v) is 5.52. The summed E-state index contributed by atoms with van der Waals surface area (Å²) in [6.07, 6.45) is 4.53. The van der Waals surface area contributed by atoms with Crippen LogP contribution in [0.15, 0.2) is 18.2 Å². The van der Waals surface area contributed by atoms with E-state index in [1.54, 1.807) is 6.07 Å². The van der Waals surface area contributed by atoms with Crippen molar-refractivity contribution < 1.29 is 9.18 Å². The monoisotopic (exact) mass is 274 g/mol. The zero-order valence-corrected chi connectivity index (χ0v) is 11.7. The Morgan fingerprint density at radius 1 is 1.20 bits per heavy atom. The zero-order valence-electron chi connectivity index (χ0n) is 11.7. The van der Waals surface area contributed by atoms with Gasteiger partial charge in [-0.2, -0.15) is 0 Å². The minimum absolute atomic E-state index is 0.0426. The maximum atomic E-state index is 13.3. The highest BCUT2D eigenvalue weighted by Gasteiger charge is 2.21. The summed E-state index contributed by atoms with van der Waals surface area (Å²) in [5.74, 6) is -0.227. The number of carbonyl (C=O) groups is 1. The molecule has 0 radical (unpaired) electrons. The summed E-state index contributed by atoms with van der Waals surface area (Å²) in [4.78, 5) is 17.7. The molecule has 1 saturated heterocycles. The standard InChI is InChI=1S/C16H19FN2O/c1-11-13-10-12(17)6-7-14(13)18-15(11)16(20)19-8-4-2-3-5-9-19/h6-7,10,18H,2-5,8-9H2,1H3. The smallest absolute Gasteiger partial charge is 0.270 e. The van der Waals surface area contributed by atoms with Gasteiger partial charge in [0.05, 0.1) is 0 Å². The number of carbonyl (C=O) groups excluding carboxylic acids is 1. The van der Waals surface area contributed by atoms with Crippen molar-refractivity contribution in [1.29, 1.82) is 0 Å². The van der Waals surface area contributed by atoms with Crippen molar-refractivity contribution in [3.8, 4) is 0 Å². The maximum absolute atomic E-state index is 13.3. The van der Waals surface area contributed by atoms with Crippen LogP contribution in [0.1, 0.15) is 41.7 Å². The largest absolute Gasteiger partial charge is 0.350 e. The number of rotatable bonds is 1. The lowest BCUT2D eigenvalue weighted by molar-refractivity contribution is 0.0756. The molecule has 3 rings (SSSR count). The number of hydrogen-bond acceptors (Lipinski definition) is 1. The number of hydrogen-bond donors (Lipinski definition) is 1. The predicted molar refractivity (Wildman–Crippen MR) is 77.4 cm³/mol. The third-order valence-corrected chi connectivity index (χ3v) is 4.13. The SMILES string of the molecule is Cc1c(C(=O)N2CCCCCC2)[nH]c2ccc(F)cc12. The van der Waals surface area contributed by atoms with Gasteiger partial charge in [0.2, 0.25) is 0 Å². The molecule has 2 heterocycles. The third kappa shape index (κ3) is 2.30. The summed E-state index contributed by atoms with van der Waals surface area (Å²) in [7, 11) is 0. The molecule has 1 N–H and O–H groups in total. The zero-order chi connectivity index (χ0) is 14.1. The number of likely N-dealkylation sites (tertiary alicyclic amines) is 1. The van der Waals surface area contributed by atoms with Crippen molar-refractivity contribution in [2.24, 2.45) is 0 Å². The lowest BCUT2D eigenvalue weighted by atomic mass is 10.1. The van der Waals surface area contributed by atoms with Crippen LogP contribution >= 0.6 is 0 Å². The molecule has 3 nitrogen and oxygen atoms in total. The van der Waals surface area contributed by atoms with E-state index in [2.05, 4.69) is 4.98 Å². The van der Waals surface area contributed by atoms with Gasteiger partial charge in [0, 0.05) is 24.0 Å². The van der Waals surface area contributed by atoms with E-state index in [1.165, 1.54) is 25.0 Å². The Labute approximate surface area is 117 Å². The van der Waals surface area contributed by atoms with E-state index in [1.807, 2.05) is 11.8 Å². The number of H-pyrrole nitrogens is 1. The van der Waals surface area contributed by atoms with Gasteiger partial charge in [-0.3, -0.25) is 4.79 Å². The summed E-state index contributed by atoms with van der Waals surface area (Å²) >= 11 is 0. The highest BCUT2D eigenvalue weighted by molar-refractivity contribution is 6.00. The van der Waals surface area contributed by atoms with Crippen molar-refractivity contribution in [3.63, 3.8) is 0 Å². The summed E-state index contributed by atoms with van der Waals surface area (Å²) in [5, 5.41) is 0.795. The number of aromatic nitrogens is 1. The molecule has 0 aliphatic carbocycles. The number of fused-ring (bicyclic) bond motifs is 1. The van der Waals surface area contributed by atoms with Gasteiger partial charge in [0.15, 0.2) is 0 Å². The fraction of sp³-hybridized carbons (Fsp3) is 0.438. The number of aryl methyl sites for hydroxylation is 1. The molecule has 20 heavy (non-hydrogen) atoms. The molecule has 1 aromatic heterocycles. The van der Waals surface area contributed by atoms with Gasteiger partial charge in [-0.05, 0) is 43.5 Å². The molecule has 106 valence electrons. The lowest BCUT2D eigenvalue weighted by Gasteiger charge is -2.19. The topological polar surface area (TPSA) is 36.1 Å². The van der Waals surface area contributed by atoms with Crippen LogP contribution < -0.4 is 0 Å². The first-order chi connectivity index (χ1) is 9.66. The van der Waals surface area contributed by atoms with Crippen molar-refractivity contribution in [2.45, 2.75) is 32.6 Å². The number of benzene rings is 1. The molecular weight excluding hydrogens is 255 g/mol. The molecule has 4 heteroatoms. The van der Waals surface area contributed by atoms with E-state index in [-0.39, 0.29) is 11.7 Å². The Morgan fingerprint density at radius 2 is 1.90 bits per heavy atom. The van der Waals surface area contributed by atoms with E-state index in [0.717, 1.165) is 42.4 Å². The van der Waals surface area contributed by atoms with Crippen LogP contribution in [0.4, 0.5) is 4.39 Å². The summed E-state index contributed by atoms with van der Waals surface area (Å²) < 4.78 is 13.3. The highest BCUT2D eigenvalue weighted by Crippen LogP contribution is 2.24. The first-order valence-corrected chi connectivity index (χ1v) is 7.24. The Kier molecular flexibility index (Phi) is 3.47. The number of aromatic amines is 1. The van der Waals surface area contributed by atoms with Gasteiger partial charge in [-0.25, -0.2) is 4.39 Å². The van der Waals surface area contributed by atoms with E-state index in [9.17, 15) is 9.18 Å². The van der Waals surface area contributed by atoms with Crippen LogP contribution in [0.3, 0.4) is 0 Å². The van der Waals surface area contributed by atoms with Gasteiger partial charge >= 0.3 is 0 Å². The van der Waals surface area contributed by atoms with Crippen LogP contribution in [-0.4, -0.2) is 28.9 Å². The Morgan fingerprint density at radius 3 is 2.60 bits per heavy atom. The van der Waals surface area contributed by atoms with Crippen molar-refractivity contribution >= 4 is 16.8 Å². The minimum Gasteiger partial charge on any atom is -0.350 e. The summed E-state index contributed by atoms with van der Waals surface area (Å²) in [6.45, 7) is 3.52. The molecule has 2 aromatic rings. The van der Waals surface area contributed by atoms with E-state index in [4.69, 9.17) is 0 Å². The quantitative estimate of drug-likeness (QED) is 0.847. The molecule has 1 aliphatic rings. The molecule has 1 aromatic carbocycles. The molecule has 0 spiro atoms. The molecule has 0 unspecified atom stereocenters. The van der Waals surface area contributed by atoms with Gasteiger partial charge in [0.25, 0.3) is 5.91 Å². The lowest BCUT2D eigenvalue weighted by Crippen LogP contribution is -2.32. The Hall–Kier alpha value is -1.84. The van der Waals surface area contributed by atoms with Crippen molar-refractivity contribution in [1.82, 2.24) is 9.88 Å². The first kappa shape index (κ1) is 13.2. The van der Waals surface area contributed by atoms with Gasteiger partial charge in [0.1, 0.15) is 11.5 Å². The van der Waals surface area contributed by atoms with Crippen LogP contribution in [0, 0.1) is 12.7 Å². The van der Waals surface area contributed by atoms with Crippen molar-refractivity contribution in [3.05, 3.63) is 35.3 Å². The second-order valence-electron chi connectivity index (χ2n) is 5.52. The van der Waals surface area contributed by atoms with E-state index < -0.39 is 0 Å².